The zero-order valence-electron chi connectivity index (χ0n) is 46.3. The second kappa shape index (κ2) is 29.6. The molecule has 5 fully saturated rings. The molecule has 5 aromatic rings. The maximum atomic E-state index is 13.8. The number of carbonyl (C=O) groups excluding carboxylic acids is 4. The minimum absolute atomic E-state index is 0.0364. The smallest absolute Gasteiger partial charge is 0.437 e. The average molecular weight is 1160 g/mol. The van der Waals surface area contributed by atoms with Crippen LogP contribution < -0.4 is 11.1 Å². The van der Waals surface area contributed by atoms with Gasteiger partial charge in [0, 0.05) is 44.9 Å². The molecular weight excluding hydrogens is 1080 g/mol. The maximum absolute atomic E-state index is 13.8. The van der Waals surface area contributed by atoms with Gasteiger partial charge >= 0.3 is 24.4 Å². The standard InChI is InChI=1S/C62H70N6O16/c63-57(65-59(69)77-36-41-19-6-1-7-20-41)67(61(71)79-38-43-23-10-3-11-24-43)30-17-33-74-54-50-46(29-16-32-73-50)81-47-35-48-52(83-51(47)54)55(53-49(82-48)40-76-56(84-53)45-27-14-5-15-28-45)75-34-18-31-68(62(72)80-39-44-25-12-4-13-26-44)58(64)66-60(70)78-37-42-21-8-2-9-22-42/h1-15,19-28,46-56H,16-18,29-40H2,(H2,63,65,69)(H2,64,66,70)/t46-,47+,48-,49+,50-,51+,52-,53+,54+,55+,56+/m0/s1. The number of ether oxygens (including phenoxy) is 12. The molecule has 0 bridgehead atoms. The Morgan fingerprint density at radius 1 is 0.548 bits per heavy atom. The molecule has 0 unspecified atom stereocenters. The zero-order chi connectivity index (χ0) is 58.0. The van der Waals surface area contributed by atoms with Crippen LogP contribution >= 0.6 is 0 Å². The highest BCUT2D eigenvalue weighted by Gasteiger charge is 2.59. The van der Waals surface area contributed by atoms with E-state index in [0.29, 0.717) is 13.0 Å². The van der Waals surface area contributed by atoms with Gasteiger partial charge in [-0.2, -0.15) is 0 Å². The summed E-state index contributed by atoms with van der Waals surface area (Å²) in [5.41, 5.74) is 10.1. The third kappa shape index (κ3) is 15.9. The van der Waals surface area contributed by atoms with Crippen LogP contribution in [0.1, 0.15) is 66.2 Å². The number of hydrogen-bond acceptors (Lipinski definition) is 17. The number of rotatable bonds is 19. The van der Waals surface area contributed by atoms with Crippen molar-refractivity contribution in [2.75, 3.05) is 39.5 Å². The third-order valence-electron chi connectivity index (χ3n) is 14.9. The summed E-state index contributed by atoms with van der Waals surface area (Å²) in [6, 6.07) is 46.0. The molecule has 4 amide bonds. The molecule has 0 aromatic heterocycles. The lowest BCUT2D eigenvalue weighted by Gasteiger charge is -2.57. The second-order valence-electron chi connectivity index (χ2n) is 20.7. The van der Waals surface area contributed by atoms with E-state index in [4.69, 9.17) is 68.0 Å². The molecule has 0 aliphatic carbocycles. The summed E-state index contributed by atoms with van der Waals surface area (Å²) >= 11 is 0. The summed E-state index contributed by atoms with van der Waals surface area (Å²) in [4.78, 5) is 59.4. The second-order valence-corrected chi connectivity index (χ2v) is 20.7. The lowest BCUT2D eigenvalue weighted by molar-refractivity contribution is -0.373. The summed E-state index contributed by atoms with van der Waals surface area (Å²) in [6.07, 6.45) is -8.00. The Morgan fingerprint density at radius 3 is 1.60 bits per heavy atom. The molecular formula is C62H70N6O16. The quantitative estimate of drug-likeness (QED) is 0.0304. The Bertz CT molecular complexity index is 2950. The molecule has 5 aromatic carbocycles. The average Bonchev–Trinajstić information content (AvgIpc) is 1.41. The Balaban J connectivity index is 0.836. The van der Waals surface area contributed by atoms with Gasteiger partial charge in [-0.15, -0.1) is 4.99 Å². The predicted molar refractivity (Wildman–Crippen MR) is 301 cm³/mol. The van der Waals surface area contributed by atoms with Crippen LogP contribution in [0.2, 0.25) is 0 Å². The molecule has 84 heavy (non-hydrogen) atoms. The predicted octanol–water partition coefficient (Wildman–Crippen LogP) is 8.31. The largest absolute Gasteiger partial charge is 0.444 e. The lowest BCUT2D eigenvalue weighted by Crippen LogP contribution is -2.71. The van der Waals surface area contributed by atoms with Crippen molar-refractivity contribution in [3.63, 3.8) is 0 Å². The van der Waals surface area contributed by atoms with Gasteiger partial charge in [0.25, 0.3) is 0 Å². The number of alkyl carbamates (subject to hydrolysis) is 1. The highest BCUT2D eigenvalue weighted by Crippen LogP contribution is 2.44. The van der Waals surface area contributed by atoms with Gasteiger partial charge in [-0.3, -0.25) is 10.7 Å². The number of carbonyl (C=O) groups is 4. The molecule has 0 radical (unpaired) electrons. The van der Waals surface area contributed by atoms with Crippen LogP contribution in [0.15, 0.2) is 157 Å². The minimum Gasteiger partial charge on any atom is -0.444 e. The molecule has 5 saturated heterocycles. The van der Waals surface area contributed by atoms with Gasteiger partial charge in [0.05, 0.1) is 24.9 Å². The van der Waals surface area contributed by atoms with Crippen LogP contribution in [0.5, 0.6) is 0 Å². The van der Waals surface area contributed by atoms with E-state index < -0.39 is 97.5 Å². The number of guanidine groups is 2. The normalized spacial score (nSPS) is 25.2. The van der Waals surface area contributed by atoms with Gasteiger partial charge in [0.15, 0.2) is 6.29 Å². The van der Waals surface area contributed by atoms with Gasteiger partial charge in [0.1, 0.15) is 69.2 Å². The van der Waals surface area contributed by atoms with Crippen molar-refractivity contribution >= 4 is 36.3 Å². The Labute approximate surface area is 486 Å². The number of benzene rings is 5. The van der Waals surface area contributed by atoms with Crippen molar-refractivity contribution in [2.24, 2.45) is 10.7 Å². The number of nitrogens with zero attached hydrogens (tertiary/aromatic N) is 3. The summed E-state index contributed by atoms with van der Waals surface area (Å²) in [5.74, 6) is -0.957. The van der Waals surface area contributed by atoms with Gasteiger partial charge < -0.3 is 62.6 Å². The molecule has 11 atom stereocenters. The number of fused-ring (bicyclic) bond motifs is 4. The van der Waals surface area contributed by atoms with Crippen LogP contribution in [0.4, 0.5) is 19.2 Å². The monoisotopic (exact) mass is 1150 g/mol. The summed E-state index contributed by atoms with van der Waals surface area (Å²) in [5, 5.41) is 11.2. The first-order chi connectivity index (χ1) is 41.1. The molecule has 5 aliphatic rings. The van der Waals surface area contributed by atoms with E-state index in [-0.39, 0.29) is 78.3 Å². The number of amides is 4. The Hall–Kier alpha value is -7.80. The Morgan fingerprint density at radius 2 is 1.02 bits per heavy atom. The maximum Gasteiger partial charge on any atom is 0.437 e. The molecule has 22 heteroatoms. The van der Waals surface area contributed by atoms with E-state index in [1.807, 2.05) is 127 Å². The fraction of sp³-hybridized carbons (Fsp3) is 0.419. The fourth-order valence-electron chi connectivity index (χ4n) is 10.8. The molecule has 5 heterocycles. The van der Waals surface area contributed by atoms with E-state index in [9.17, 15) is 19.2 Å². The molecule has 4 N–H and O–H groups in total. The molecule has 5 aliphatic heterocycles. The van der Waals surface area contributed by atoms with E-state index >= 15 is 0 Å². The molecule has 22 nitrogen and oxygen atoms in total. The van der Waals surface area contributed by atoms with Crippen molar-refractivity contribution in [1.29, 1.82) is 5.41 Å². The first-order valence-electron chi connectivity index (χ1n) is 28.3. The molecule has 444 valence electrons. The van der Waals surface area contributed by atoms with E-state index in [2.05, 4.69) is 10.3 Å². The van der Waals surface area contributed by atoms with Gasteiger partial charge in [-0.05, 0) is 47.9 Å². The SMILES string of the molecule is N=C(NC(=O)OCc1ccccc1)N(CCCO[C@@H]1[C@H]2O[C@H]3[C@H](OCCCN(C(=O)OCc4ccccc4)/C(N)=N/C(=O)OCc4ccccc4)[C@H]4OCCC[C@@H]4O[C@@H]3C[C@@H]2O[C@@H]2CO[C@@H](c3ccccc3)O[C@@H]12)C(=O)OCc1ccccc1. The van der Waals surface area contributed by atoms with Crippen LogP contribution in [0, 0.1) is 5.41 Å². The van der Waals surface area contributed by atoms with Crippen LogP contribution in [-0.4, -0.2) is 147 Å². The van der Waals surface area contributed by atoms with Crippen LogP contribution in [0.25, 0.3) is 0 Å². The molecule has 10 rings (SSSR count). The highest BCUT2D eigenvalue weighted by atomic mass is 16.7. The number of hydrogen-bond donors (Lipinski definition) is 3. The van der Waals surface area contributed by atoms with Gasteiger partial charge in [-0.1, -0.05) is 152 Å². The van der Waals surface area contributed by atoms with Crippen LogP contribution in [-0.2, 0) is 83.3 Å². The highest BCUT2D eigenvalue weighted by molar-refractivity contribution is 6.00. The first kappa shape index (κ1) is 59.4. The van der Waals surface area contributed by atoms with Crippen molar-refractivity contribution in [3.8, 4) is 0 Å². The summed E-state index contributed by atoms with van der Waals surface area (Å²) in [7, 11) is 0. The summed E-state index contributed by atoms with van der Waals surface area (Å²) in [6.45, 7) is 0.432. The van der Waals surface area contributed by atoms with Gasteiger partial charge in [-0.25, -0.2) is 29.0 Å². The van der Waals surface area contributed by atoms with E-state index in [0.717, 1.165) is 50.5 Å². The van der Waals surface area contributed by atoms with E-state index in [1.165, 1.54) is 0 Å². The lowest BCUT2D eigenvalue weighted by atomic mass is 9.82. The zero-order valence-corrected chi connectivity index (χ0v) is 46.3. The molecule has 0 saturated carbocycles. The topological polar surface area (TPSA) is 260 Å². The fourth-order valence-corrected chi connectivity index (χ4v) is 10.8. The van der Waals surface area contributed by atoms with Crippen LogP contribution in [0.3, 0.4) is 0 Å². The Kier molecular flexibility index (Phi) is 20.9. The van der Waals surface area contributed by atoms with Crippen molar-refractivity contribution in [1.82, 2.24) is 15.1 Å². The first-order valence-corrected chi connectivity index (χ1v) is 28.3. The number of aliphatic imine (C=N–C) groups is 1. The van der Waals surface area contributed by atoms with Crippen molar-refractivity contribution < 1.29 is 76.0 Å². The molecule has 0 spiro atoms. The van der Waals surface area contributed by atoms with Crippen molar-refractivity contribution in [2.45, 2.75) is 126 Å². The van der Waals surface area contributed by atoms with E-state index in [1.54, 1.807) is 24.3 Å². The minimum atomic E-state index is -0.982. The van der Waals surface area contributed by atoms with Crippen molar-refractivity contribution in [3.05, 3.63) is 179 Å². The summed E-state index contributed by atoms with van der Waals surface area (Å²) < 4.78 is 75.8. The third-order valence-corrected chi connectivity index (χ3v) is 14.9. The van der Waals surface area contributed by atoms with Gasteiger partial charge in [0.2, 0.25) is 11.9 Å². The number of nitrogens with one attached hydrogen (secondary N) is 2. The number of nitrogens with two attached hydrogens (primary N) is 1.